The molecule has 106 valence electrons. The highest BCUT2D eigenvalue weighted by Crippen LogP contribution is 2.23. The minimum atomic E-state index is -3.73. The van der Waals surface area contributed by atoms with Crippen molar-refractivity contribution in [2.45, 2.75) is 32.5 Å². The molecule has 18 heavy (non-hydrogen) atoms. The third-order valence-corrected chi connectivity index (χ3v) is 2.29. The molecule has 1 aliphatic heterocycles. The van der Waals surface area contributed by atoms with E-state index < -0.39 is 24.5 Å². The molecule has 1 aliphatic rings. The summed E-state index contributed by atoms with van der Waals surface area (Å²) in [7, 11) is 0. The smallest absolute Gasteiger partial charge is 0.410 e. The molecule has 0 bridgehead atoms. The highest BCUT2D eigenvalue weighted by atomic mass is 19.3. The number of likely N-dealkylation sites (tertiary alicyclic amines) is 1. The van der Waals surface area contributed by atoms with Gasteiger partial charge in [-0.25, -0.2) is 9.18 Å². The monoisotopic (exact) mass is 269 g/mol. The summed E-state index contributed by atoms with van der Waals surface area (Å²) in [4.78, 5) is 12.9. The Morgan fingerprint density at radius 2 is 1.89 bits per heavy atom. The molecule has 0 aliphatic carbocycles. The quantitative estimate of drug-likeness (QED) is 0.786. The Hall–Kier alpha value is -0.980. The highest BCUT2D eigenvalue weighted by Gasteiger charge is 2.37. The number of carbonyl (C=O) groups is 1. The summed E-state index contributed by atoms with van der Waals surface area (Å²) in [6, 6.07) is 0. The van der Waals surface area contributed by atoms with Gasteiger partial charge in [-0.05, 0) is 20.8 Å². The first-order chi connectivity index (χ1) is 8.13. The zero-order chi connectivity index (χ0) is 14.0. The van der Waals surface area contributed by atoms with Gasteiger partial charge in [0.05, 0.1) is 6.61 Å². The SMILES string of the molecule is CC(C)(C)OC(=O)N1CC(COC(F)(F)CF)C1. The molecule has 1 rings (SSSR count). The van der Waals surface area contributed by atoms with Gasteiger partial charge in [0.2, 0.25) is 0 Å². The van der Waals surface area contributed by atoms with E-state index in [2.05, 4.69) is 4.74 Å². The average molecular weight is 269 g/mol. The van der Waals surface area contributed by atoms with Crippen LogP contribution in [-0.2, 0) is 9.47 Å². The van der Waals surface area contributed by atoms with Gasteiger partial charge in [-0.15, -0.1) is 0 Å². The number of carbonyl (C=O) groups excluding carboxylic acids is 1. The van der Waals surface area contributed by atoms with E-state index in [0.29, 0.717) is 0 Å². The van der Waals surface area contributed by atoms with Gasteiger partial charge in [0.1, 0.15) is 5.60 Å². The Morgan fingerprint density at radius 3 is 2.33 bits per heavy atom. The summed E-state index contributed by atoms with van der Waals surface area (Å²) in [5, 5.41) is 0. The van der Waals surface area contributed by atoms with E-state index in [9.17, 15) is 18.0 Å². The van der Waals surface area contributed by atoms with Gasteiger partial charge in [-0.2, -0.15) is 8.78 Å². The normalized spacial score (nSPS) is 17.6. The van der Waals surface area contributed by atoms with Gasteiger partial charge in [0.15, 0.2) is 6.67 Å². The van der Waals surface area contributed by atoms with Crippen LogP contribution in [0, 0.1) is 5.92 Å². The molecular weight excluding hydrogens is 251 g/mol. The van der Waals surface area contributed by atoms with Crippen LogP contribution in [0.5, 0.6) is 0 Å². The Labute approximate surface area is 104 Å². The van der Waals surface area contributed by atoms with Gasteiger partial charge in [-0.3, -0.25) is 0 Å². The fourth-order valence-corrected chi connectivity index (χ4v) is 1.43. The number of hydrogen-bond acceptors (Lipinski definition) is 3. The van der Waals surface area contributed by atoms with Crippen molar-refractivity contribution in [3.8, 4) is 0 Å². The molecule has 0 N–H and O–H groups in total. The zero-order valence-electron chi connectivity index (χ0n) is 10.7. The molecule has 1 heterocycles. The molecule has 1 amide bonds. The zero-order valence-corrected chi connectivity index (χ0v) is 10.7. The number of halogens is 3. The van der Waals surface area contributed by atoms with Crippen molar-refractivity contribution in [2.24, 2.45) is 5.92 Å². The van der Waals surface area contributed by atoms with E-state index in [4.69, 9.17) is 4.74 Å². The van der Waals surface area contributed by atoms with Crippen LogP contribution in [0.2, 0.25) is 0 Å². The van der Waals surface area contributed by atoms with E-state index in [1.54, 1.807) is 20.8 Å². The molecular formula is C11H18F3NO3. The van der Waals surface area contributed by atoms with Crippen LogP contribution < -0.4 is 0 Å². The number of hydrogen-bond donors (Lipinski definition) is 0. The van der Waals surface area contributed by atoms with E-state index in [1.807, 2.05) is 0 Å². The van der Waals surface area contributed by atoms with Crippen LogP contribution in [0.15, 0.2) is 0 Å². The summed E-state index contributed by atoms with van der Waals surface area (Å²) in [5.41, 5.74) is -0.583. The molecule has 4 nitrogen and oxygen atoms in total. The van der Waals surface area contributed by atoms with Crippen molar-refractivity contribution in [3.05, 3.63) is 0 Å². The largest absolute Gasteiger partial charge is 0.444 e. The summed E-state index contributed by atoms with van der Waals surface area (Å²) in [5.74, 6) is -0.199. The first-order valence-corrected chi connectivity index (χ1v) is 5.68. The standard InChI is InChI=1S/C11H18F3NO3/c1-10(2,3)18-9(16)15-4-8(5-15)6-17-11(13,14)7-12/h8H,4-7H2,1-3H3. The Morgan fingerprint density at radius 1 is 1.33 bits per heavy atom. The molecule has 0 radical (unpaired) electrons. The average Bonchev–Trinajstić information content (AvgIpc) is 2.12. The van der Waals surface area contributed by atoms with Crippen molar-refractivity contribution < 1.29 is 27.4 Å². The second kappa shape index (κ2) is 5.34. The molecule has 1 fully saturated rings. The lowest BCUT2D eigenvalue weighted by Crippen LogP contribution is -2.53. The second-order valence-electron chi connectivity index (χ2n) is 5.33. The molecule has 0 spiro atoms. The van der Waals surface area contributed by atoms with E-state index in [1.165, 1.54) is 4.90 Å². The number of nitrogens with zero attached hydrogens (tertiary/aromatic N) is 1. The van der Waals surface area contributed by atoms with Crippen molar-refractivity contribution in [2.75, 3.05) is 26.4 Å². The van der Waals surface area contributed by atoms with Gasteiger partial charge >= 0.3 is 12.2 Å². The van der Waals surface area contributed by atoms with Crippen LogP contribution in [0.1, 0.15) is 20.8 Å². The lowest BCUT2D eigenvalue weighted by Gasteiger charge is -2.39. The number of amides is 1. The third-order valence-electron chi connectivity index (χ3n) is 2.29. The predicted octanol–water partition coefficient (Wildman–Crippen LogP) is 2.43. The lowest BCUT2D eigenvalue weighted by molar-refractivity contribution is -0.255. The van der Waals surface area contributed by atoms with Crippen LogP contribution in [0.4, 0.5) is 18.0 Å². The van der Waals surface area contributed by atoms with Crippen molar-refractivity contribution in [3.63, 3.8) is 0 Å². The van der Waals surface area contributed by atoms with E-state index in [-0.39, 0.29) is 25.6 Å². The molecule has 7 heteroatoms. The third kappa shape index (κ3) is 4.72. The maximum atomic E-state index is 12.4. The maximum Gasteiger partial charge on any atom is 0.410 e. The van der Waals surface area contributed by atoms with Crippen molar-refractivity contribution >= 4 is 6.09 Å². The summed E-state index contributed by atoms with van der Waals surface area (Å²) in [6.07, 6.45) is -4.21. The number of rotatable bonds is 4. The summed E-state index contributed by atoms with van der Waals surface area (Å²) < 4.78 is 45.9. The second-order valence-corrected chi connectivity index (χ2v) is 5.33. The number of ether oxygens (including phenoxy) is 2. The Balaban J connectivity index is 2.22. The maximum absolute atomic E-state index is 12.4. The molecule has 0 aromatic rings. The molecule has 1 saturated heterocycles. The highest BCUT2D eigenvalue weighted by molar-refractivity contribution is 5.69. The topological polar surface area (TPSA) is 38.8 Å². The molecule has 0 saturated carbocycles. The minimum Gasteiger partial charge on any atom is -0.444 e. The number of alkyl halides is 3. The Kier molecular flexibility index (Phi) is 4.47. The van der Waals surface area contributed by atoms with Crippen LogP contribution in [0.3, 0.4) is 0 Å². The molecule has 0 atom stereocenters. The summed E-state index contributed by atoms with van der Waals surface area (Å²) in [6.45, 7) is 3.70. The fraction of sp³-hybridized carbons (Fsp3) is 0.909. The van der Waals surface area contributed by atoms with Crippen LogP contribution in [0.25, 0.3) is 0 Å². The first kappa shape index (κ1) is 15.1. The molecule has 0 aromatic carbocycles. The fourth-order valence-electron chi connectivity index (χ4n) is 1.43. The summed E-state index contributed by atoms with van der Waals surface area (Å²) >= 11 is 0. The van der Waals surface area contributed by atoms with E-state index >= 15 is 0 Å². The first-order valence-electron chi connectivity index (χ1n) is 5.68. The van der Waals surface area contributed by atoms with Gasteiger partial charge < -0.3 is 14.4 Å². The van der Waals surface area contributed by atoms with Gasteiger partial charge in [0, 0.05) is 19.0 Å². The molecule has 0 aromatic heterocycles. The van der Waals surface area contributed by atoms with Crippen molar-refractivity contribution in [1.82, 2.24) is 4.90 Å². The Bertz CT molecular complexity index is 298. The lowest BCUT2D eigenvalue weighted by atomic mass is 10.0. The van der Waals surface area contributed by atoms with Gasteiger partial charge in [0.25, 0.3) is 0 Å². The minimum absolute atomic E-state index is 0.199. The van der Waals surface area contributed by atoms with Crippen LogP contribution >= 0.6 is 0 Å². The predicted molar refractivity (Wildman–Crippen MR) is 58.2 cm³/mol. The molecule has 0 unspecified atom stereocenters. The van der Waals surface area contributed by atoms with Gasteiger partial charge in [-0.1, -0.05) is 0 Å². The van der Waals surface area contributed by atoms with E-state index in [0.717, 1.165) is 0 Å². The van der Waals surface area contributed by atoms with Crippen molar-refractivity contribution in [1.29, 1.82) is 0 Å². The van der Waals surface area contributed by atoms with Crippen LogP contribution in [-0.4, -0.2) is 49.1 Å².